The summed E-state index contributed by atoms with van der Waals surface area (Å²) in [7, 11) is 0. The first-order valence-corrected chi connectivity index (χ1v) is 7.33. The molecule has 2 aromatic heterocycles. The number of aromatic nitrogens is 4. The van der Waals surface area contributed by atoms with E-state index in [4.69, 9.17) is 11.6 Å². The number of anilines is 1. The minimum Gasteiger partial charge on any atom is -0.370 e. The summed E-state index contributed by atoms with van der Waals surface area (Å²) in [6.07, 6.45) is 2.35. The average molecular weight is 292 g/mol. The molecule has 0 aliphatic heterocycles. The number of aryl methyl sites for hydroxylation is 1. The van der Waals surface area contributed by atoms with E-state index in [1.165, 1.54) is 12.8 Å². The Hall–Kier alpha value is -1.62. The highest BCUT2D eigenvalue weighted by molar-refractivity contribution is 6.31. The fourth-order valence-corrected chi connectivity index (χ4v) is 2.32. The minimum atomic E-state index is 0.500. The van der Waals surface area contributed by atoms with Gasteiger partial charge < -0.3 is 5.32 Å². The first-order chi connectivity index (χ1) is 9.60. The summed E-state index contributed by atoms with van der Waals surface area (Å²) in [5, 5.41) is 8.42. The lowest BCUT2D eigenvalue weighted by atomic mass is 10.3. The predicted octanol–water partition coefficient (Wildman–Crippen LogP) is 3.24. The van der Waals surface area contributed by atoms with Crippen molar-refractivity contribution >= 4 is 17.4 Å². The topological polar surface area (TPSA) is 55.6 Å². The van der Waals surface area contributed by atoms with Gasteiger partial charge in [0.2, 0.25) is 0 Å². The van der Waals surface area contributed by atoms with Gasteiger partial charge in [0.15, 0.2) is 5.82 Å². The van der Waals surface area contributed by atoms with Crippen LogP contribution in [0.3, 0.4) is 0 Å². The number of halogens is 1. The van der Waals surface area contributed by atoms with Gasteiger partial charge in [-0.15, -0.1) is 0 Å². The Labute approximate surface area is 123 Å². The number of rotatable bonds is 4. The molecule has 0 spiro atoms. The maximum atomic E-state index is 6.22. The van der Waals surface area contributed by atoms with E-state index in [0.717, 1.165) is 35.4 Å². The average Bonchev–Trinajstić information content (AvgIpc) is 3.24. The highest BCUT2D eigenvalue weighted by Crippen LogP contribution is 2.38. The van der Waals surface area contributed by atoms with Crippen LogP contribution < -0.4 is 5.32 Å². The molecule has 0 unspecified atom stereocenters. The van der Waals surface area contributed by atoms with Gasteiger partial charge >= 0.3 is 0 Å². The highest BCUT2D eigenvalue weighted by atomic mass is 35.5. The molecule has 0 amide bonds. The number of hydrogen-bond donors (Lipinski definition) is 1. The molecule has 0 radical (unpaired) electrons. The van der Waals surface area contributed by atoms with E-state index in [-0.39, 0.29) is 0 Å². The van der Waals surface area contributed by atoms with Crippen molar-refractivity contribution in [2.75, 3.05) is 11.9 Å². The zero-order valence-electron chi connectivity index (χ0n) is 11.9. The molecule has 1 aliphatic rings. The van der Waals surface area contributed by atoms with Crippen molar-refractivity contribution in [3.8, 4) is 5.82 Å². The third-order valence-corrected chi connectivity index (χ3v) is 4.00. The molecule has 1 saturated carbocycles. The second kappa shape index (κ2) is 5.05. The van der Waals surface area contributed by atoms with E-state index >= 15 is 0 Å². The SMILES string of the molecule is CCNc1cc(-n2nc(C)c(Cl)c2C)nc(C2CC2)n1. The molecule has 5 nitrogen and oxygen atoms in total. The second-order valence-electron chi connectivity index (χ2n) is 5.17. The van der Waals surface area contributed by atoms with Gasteiger partial charge in [0.1, 0.15) is 11.6 Å². The lowest BCUT2D eigenvalue weighted by Crippen LogP contribution is -2.09. The minimum absolute atomic E-state index is 0.500. The first kappa shape index (κ1) is 13.4. The number of nitrogens with zero attached hydrogens (tertiary/aromatic N) is 4. The smallest absolute Gasteiger partial charge is 0.159 e. The van der Waals surface area contributed by atoms with Crippen LogP contribution in [0.15, 0.2) is 6.07 Å². The predicted molar refractivity (Wildman–Crippen MR) is 79.8 cm³/mol. The summed E-state index contributed by atoms with van der Waals surface area (Å²) >= 11 is 6.22. The second-order valence-corrected chi connectivity index (χ2v) is 5.55. The molecule has 106 valence electrons. The van der Waals surface area contributed by atoms with Crippen molar-refractivity contribution in [1.29, 1.82) is 0 Å². The molecule has 3 rings (SSSR count). The van der Waals surface area contributed by atoms with Gasteiger partial charge in [0, 0.05) is 18.5 Å². The monoisotopic (exact) mass is 291 g/mol. The summed E-state index contributed by atoms with van der Waals surface area (Å²) in [5.41, 5.74) is 1.73. The zero-order valence-corrected chi connectivity index (χ0v) is 12.7. The van der Waals surface area contributed by atoms with Crippen molar-refractivity contribution in [2.24, 2.45) is 0 Å². The van der Waals surface area contributed by atoms with E-state index < -0.39 is 0 Å². The summed E-state index contributed by atoms with van der Waals surface area (Å²) in [5.74, 6) is 3.04. The summed E-state index contributed by atoms with van der Waals surface area (Å²) in [4.78, 5) is 9.23. The van der Waals surface area contributed by atoms with Gasteiger partial charge in [0.25, 0.3) is 0 Å². The van der Waals surface area contributed by atoms with Crippen LogP contribution in [0, 0.1) is 13.8 Å². The molecule has 6 heteroatoms. The summed E-state index contributed by atoms with van der Waals surface area (Å²) in [6.45, 7) is 6.74. The van der Waals surface area contributed by atoms with Crippen LogP contribution in [0.25, 0.3) is 5.82 Å². The van der Waals surface area contributed by atoms with Crippen LogP contribution in [0.2, 0.25) is 5.02 Å². The Kier molecular flexibility index (Phi) is 3.38. The van der Waals surface area contributed by atoms with Crippen molar-refractivity contribution in [3.05, 3.63) is 28.3 Å². The number of nitrogens with one attached hydrogen (secondary N) is 1. The quantitative estimate of drug-likeness (QED) is 0.939. The Morgan fingerprint density at radius 3 is 2.65 bits per heavy atom. The Balaban J connectivity index is 2.09. The molecule has 1 fully saturated rings. The lowest BCUT2D eigenvalue weighted by Gasteiger charge is -2.09. The van der Waals surface area contributed by atoms with Gasteiger partial charge in [-0.2, -0.15) is 5.10 Å². The van der Waals surface area contributed by atoms with E-state index in [1.54, 1.807) is 4.68 Å². The fourth-order valence-electron chi connectivity index (χ4n) is 2.20. The summed E-state index contributed by atoms with van der Waals surface area (Å²) < 4.78 is 1.80. The maximum absolute atomic E-state index is 6.22. The van der Waals surface area contributed by atoms with Crippen LogP contribution in [0.5, 0.6) is 0 Å². The van der Waals surface area contributed by atoms with E-state index in [1.807, 2.05) is 19.9 Å². The van der Waals surface area contributed by atoms with Gasteiger partial charge in [0.05, 0.1) is 16.4 Å². The van der Waals surface area contributed by atoms with Crippen molar-refractivity contribution in [3.63, 3.8) is 0 Å². The van der Waals surface area contributed by atoms with Crippen LogP contribution >= 0.6 is 11.6 Å². The van der Waals surface area contributed by atoms with Gasteiger partial charge in [-0.25, -0.2) is 14.6 Å². The molecule has 20 heavy (non-hydrogen) atoms. The number of hydrogen-bond acceptors (Lipinski definition) is 4. The van der Waals surface area contributed by atoms with Crippen LogP contribution in [0.4, 0.5) is 5.82 Å². The lowest BCUT2D eigenvalue weighted by molar-refractivity contribution is 0.781. The van der Waals surface area contributed by atoms with Crippen LogP contribution in [0.1, 0.15) is 42.9 Å². The Bertz CT molecular complexity index is 645. The van der Waals surface area contributed by atoms with E-state index in [9.17, 15) is 0 Å². The van der Waals surface area contributed by atoms with Crippen LogP contribution in [-0.4, -0.2) is 26.3 Å². The standard InChI is InChI=1S/C14H18ClN5/c1-4-16-11-7-12(18-14(17-11)10-5-6-10)20-9(3)13(15)8(2)19-20/h7,10H,4-6H2,1-3H3,(H,16,17,18). The molecule has 1 N–H and O–H groups in total. The maximum Gasteiger partial charge on any atom is 0.159 e. The normalized spacial score (nSPS) is 14.6. The van der Waals surface area contributed by atoms with Gasteiger partial charge in [-0.05, 0) is 33.6 Å². The third kappa shape index (κ3) is 2.38. The largest absolute Gasteiger partial charge is 0.370 e. The van der Waals surface area contributed by atoms with E-state index in [0.29, 0.717) is 10.9 Å². The van der Waals surface area contributed by atoms with Crippen molar-refractivity contribution in [2.45, 2.75) is 39.5 Å². The molecule has 2 aromatic rings. The van der Waals surface area contributed by atoms with Crippen molar-refractivity contribution in [1.82, 2.24) is 19.7 Å². The molecular formula is C14H18ClN5. The van der Waals surface area contributed by atoms with Gasteiger partial charge in [-0.3, -0.25) is 0 Å². The van der Waals surface area contributed by atoms with Crippen LogP contribution in [-0.2, 0) is 0 Å². The molecule has 1 aliphatic carbocycles. The molecular weight excluding hydrogens is 274 g/mol. The van der Waals surface area contributed by atoms with Gasteiger partial charge in [-0.1, -0.05) is 11.6 Å². The molecule has 2 heterocycles. The summed E-state index contributed by atoms with van der Waals surface area (Å²) in [6, 6.07) is 1.92. The Morgan fingerprint density at radius 2 is 2.10 bits per heavy atom. The first-order valence-electron chi connectivity index (χ1n) is 6.95. The zero-order chi connectivity index (χ0) is 14.3. The molecule has 0 atom stereocenters. The van der Waals surface area contributed by atoms with E-state index in [2.05, 4.69) is 27.3 Å². The third-order valence-electron chi connectivity index (χ3n) is 3.45. The molecule has 0 aromatic carbocycles. The molecule has 0 bridgehead atoms. The fraction of sp³-hybridized carbons (Fsp3) is 0.500. The Morgan fingerprint density at radius 1 is 1.35 bits per heavy atom. The highest BCUT2D eigenvalue weighted by Gasteiger charge is 2.28. The molecule has 0 saturated heterocycles. The van der Waals surface area contributed by atoms with Crippen molar-refractivity contribution < 1.29 is 0 Å².